The minimum atomic E-state index is -4.55. The molecule has 0 bridgehead atoms. The van der Waals surface area contributed by atoms with E-state index >= 15 is 0 Å². The second kappa shape index (κ2) is 24.9. The second-order valence-corrected chi connectivity index (χ2v) is 18.5. The molecular formula is C48H68F6N6O4S2. The largest absolute Gasteiger partial charge is 0.491 e. The van der Waals surface area contributed by atoms with E-state index in [9.17, 15) is 26.3 Å². The van der Waals surface area contributed by atoms with Crippen molar-refractivity contribution in [2.24, 2.45) is 23.3 Å². The molecule has 6 N–H and O–H groups in total. The lowest BCUT2D eigenvalue weighted by Gasteiger charge is -2.27. The van der Waals surface area contributed by atoms with Crippen molar-refractivity contribution in [3.05, 3.63) is 84.2 Å². The number of benzene rings is 2. The van der Waals surface area contributed by atoms with Crippen LogP contribution in [0.4, 0.5) is 38.0 Å². The normalized spacial score (nSPS) is 18.4. The number of nitrogens with one attached hydrogen (secondary N) is 2. The minimum absolute atomic E-state index is 0. The number of pyridine rings is 2. The van der Waals surface area contributed by atoms with Gasteiger partial charge < -0.3 is 41.0 Å². The van der Waals surface area contributed by atoms with E-state index in [0.29, 0.717) is 71.8 Å². The number of hydrogen-bond acceptors (Lipinski definition) is 10. The molecule has 2 aliphatic rings. The van der Waals surface area contributed by atoms with Gasteiger partial charge in [-0.25, -0.2) is 9.97 Å². The van der Waals surface area contributed by atoms with Gasteiger partial charge in [-0.2, -0.15) is 53.3 Å². The summed E-state index contributed by atoms with van der Waals surface area (Å²) >= 11 is 0. The third-order valence-electron chi connectivity index (χ3n) is 10.6. The molecule has 4 atom stereocenters. The van der Waals surface area contributed by atoms with Gasteiger partial charge in [-0.05, 0) is 135 Å². The Labute approximate surface area is 399 Å². The number of halogens is 6. The van der Waals surface area contributed by atoms with E-state index in [1.165, 1.54) is 12.1 Å². The monoisotopic (exact) mass is 970 g/mol. The second-order valence-electron chi connectivity index (χ2n) is 18.5. The van der Waals surface area contributed by atoms with Gasteiger partial charge in [-0.3, -0.25) is 0 Å². The van der Waals surface area contributed by atoms with Gasteiger partial charge in [0.05, 0.1) is 36.4 Å². The molecule has 66 heavy (non-hydrogen) atoms. The standard InChI is InChI=1S/2C24H32F3N3O2.2H2S/c2*1-16(2)13-23(3,28)15-32-21-7-6-17(11-20(21)24(25,26)27)18-8-9-29-22(12-18)30-19-5-4-10-31-14-19;;/h2*6-9,11-12,16,19H,4-5,10,13-15,28H2,1-3H3,(H,29,30);2*1H2/t2*19?,23-;;/m00../s1. The molecule has 2 unspecified atom stereocenters. The highest BCUT2D eigenvalue weighted by molar-refractivity contribution is 7.59. The Morgan fingerprint density at radius 1 is 0.606 bits per heavy atom. The van der Waals surface area contributed by atoms with Crippen LogP contribution in [-0.2, 0) is 21.8 Å². The SMILES string of the molecule is CC(C)C[C@](C)(N)COc1ccc(-c2ccnc(NC3CCCOC3)c2)cc1C(F)(F)F.CC(C)C[C@](C)(N)COc1ccc(-c2ccnc(NC3CCCOC3)c2)cc1C(F)(F)F.S.S. The Morgan fingerprint density at radius 3 is 1.29 bits per heavy atom. The van der Waals surface area contributed by atoms with Gasteiger partial charge in [0.1, 0.15) is 36.3 Å². The van der Waals surface area contributed by atoms with E-state index < -0.39 is 34.6 Å². The van der Waals surface area contributed by atoms with Crippen molar-refractivity contribution < 1.29 is 45.3 Å². The fraction of sp³-hybridized carbons (Fsp3) is 0.542. The van der Waals surface area contributed by atoms with Gasteiger partial charge in [0.2, 0.25) is 0 Å². The summed E-state index contributed by atoms with van der Waals surface area (Å²) in [4.78, 5) is 8.60. The van der Waals surface area contributed by atoms with Crippen LogP contribution in [0.15, 0.2) is 73.1 Å². The summed E-state index contributed by atoms with van der Waals surface area (Å²) in [7, 11) is 0. The molecule has 2 saturated heterocycles. The van der Waals surface area contributed by atoms with Gasteiger partial charge in [-0.1, -0.05) is 39.8 Å². The van der Waals surface area contributed by atoms with Crippen LogP contribution >= 0.6 is 27.0 Å². The van der Waals surface area contributed by atoms with Gasteiger partial charge >= 0.3 is 12.4 Å². The summed E-state index contributed by atoms with van der Waals surface area (Å²) in [6.45, 7) is 14.3. The molecule has 2 aromatic heterocycles. The third kappa shape index (κ3) is 17.9. The molecule has 2 aliphatic heterocycles. The van der Waals surface area contributed by atoms with Crippen molar-refractivity contribution in [3.63, 3.8) is 0 Å². The Kier molecular flexibility index (Phi) is 21.3. The van der Waals surface area contributed by atoms with Crippen LogP contribution in [0.1, 0.15) is 91.2 Å². The molecule has 6 rings (SSSR count). The lowest BCUT2D eigenvalue weighted by atomic mass is 9.93. The molecular weight excluding hydrogens is 903 g/mol. The molecule has 368 valence electrons. The predicted octanol–water partition coefficient (Wildman–Crippen LogP) is 11.2. The van der Waals surface area contributed by atoms with Crippen molar-refractivity contribution in [1.82, 2.24) is 9.97 Å². The highest BCUT2D eigenvalue weighted by atomic mass is 32.1. The van der Waals surface area contributed by atoms with E-state index in [1.54, 1.807) is 62.6 Å². The number of nitrogens with two attached hydrogens (primary N) is 2. The predicted molar refractivity (Wildman–Crippen MR) is 260 cm³/mol. The Bertz CT molecular complexity index is 1950. The Balaban J connectivity index is 0.000000340. The van der Waals surface area contributed by atoms with Crippen LogP contribution in [0.5, 0.6) is 11.5 Å². The maximum Gasteiger partial charge on any atom is 0.419 e. The van der Waals surface area contributed by atoms with E-state index in [0.717, 1.165) is 51.0 Å². The maximum absolute atomic E-state index is 13.8. The average molecular weight is 971 g/mol. The summed E-state index contributed by atoms with van der Waals surface area (Å²) in [6.07, 6.45) is -0.782. The van der Waals surface area contributed by atoms with Crippen molar-refractivity contribution in [1.29, 1.82) is 0 Å². The van der Waals surface area contributed by atoms with E-state index in [-0.39, 0.29) is 63.8 Å². The van der Waals surface area contributed by atoms with Crippen molar-refractivity contribution in [3.8, 4) is 33.8 Å². The zero-order valence-corrected chi connectivity index (χ0v) is 40.7. The average Bonchev–Trinajstić information content (AvgIpc) is 3.22. The molecule has 0 radical (unpaired) electrons. The Morgan fingerprint density at radius 2 is 0.970 bits per heavy atom. The highest BCUT2D eigenvalue weighted by Gasteiger charge is 2.37. The lowest BCUT2D eigenvalue weighted by Crippen LogP contribution is -2.43. The molecule has 2 fully saturated rings. The highest BCUT2D eigenvalue weighted by Crippen LogP contribution is 2.41. The van der Waals surface area contributed by atoms with Crippen LogP contribution in [0.2, 0.25) is 0 Å². The fourth-order valence-electron chi connectivity index (χ4n) is 8.09. The van der Waals surface area contributed by atoms with Crippen LogP contribution in [-0.4, -0.2) is 72.8 Å². The number of aromatic nitrogens is 2. The Hall–Kier alpha value is -3.94. The first-order chi connectivity index (χ1) is 30.1. The van der Waals surface area contributed by atoms with Crippen molar-refractivity contribution in [2.45, 2.75) is 116 Å². The van der Waals surface area contributed by atoms with Crippen molar-refractivity contribution in [2.75, 3.05) is 50.3 Å². The molecule has 4 aromatic rings. The zero-order valence-electron chi connectivity index (χ0n) is 38.7. The quantitative estimate of drug-likeness (QED) is 0.0803. The molecule has 0 spiro atoms. The first-order valence-electron chi connectivity index (χ1n) is 21.9. The molecule has 18 heteroatoms. The lowest BCUT2D eigenvalue weighted by molar-refractivity contribution is -0.139. The topological polar surface area (TPSA) is 139 Å². The molecule has 0 amide bonds. The number of alkyl halides is 6. The first-order valence-corrected chi connectivity index (χ1v) is 21.9. The van der Waals surface area contributed by atoms with E-state index in [2.05, 4.69) is 20.6 Å². The van der Waals surface area contributed by atoms with Gasteiger partial charge in [0.15, 0.2) is 0 Å². The fourth-order valence-corrected chi connectivity index (χ4v) is 8.09. The first kappa shape index (κ1) is 56.4. The molecule has 0 aliphatic carbocycles. The smallest absolute Gasteiger partial charge is 0.419 e. The maximum atomic E-state index is 13.8. The summed E-state index contributed by atoms with van der Waals surface area (Å²) in [6, 6.07) is 15.4. The molecule has 4 heterocycles. The number of anilines is 2. The number of hydrogen-bond donors (Lipinski definition) is 4. The summed E-state index contributed by atoms with van der Waals surface area (Å²) in [5.74, 6) is 1.42. The third-order valence-corrected chi connectivity index (χ3v) is 10.6. The molecule has 0 saturated carbocycles. The molecule has 2 aromatic carbocycles. The van der Waals surface area contributed by atoms with Gasteiger partial charge in [0.25, 0.3) is 0 Å². The van der Waals surface area contributed by atoms with E-state index in [1.807, 2.05) is 27.7 Å². The molecule has 10 nitrogen and oxygen atoms in total. The van der Waals surface area contributed by atoms with Crippen LogP contribution in [0, 0.1) is 11.8 Å². The number of ether oxygens (including phenoxy) is 4. The van der Waals surface area contributed by atoms with Gasteiger partial charge in [-0.15, -0.1) is 0 Å². The van der Waals surface area contributed by atoms with Gasteiger partial charge in [0, 0.05) is 36.7 Å². The summed E-state index contributed by atoms with van der Waals surface area (Å²) in [5.41, 5.74) is 11.5. The summed E-state index contributed by atoms with van der Waals surface area (Å²) < 4.78 is 105. The van der Waals surface area contributed by atoms with Crippen LogP contribution < -0.4 is 31.6 Å². The minimum Gasteiger partial charge on any atom is -0.491 e. The number of nitrogens with zero attached hydrogens (tertiary/aromatic N) is 2. The van der Waals surface area contributed by atoms with E-state index in [4.69, 9.17) is 30.4 Å². The van der Waals surface area contributed by atoms with Crippen LogP contribution in [0.25, 0.3) is 22.3 Å². The summed E-state index contributed by atoms with van der Waals surface area (Å²) in [5, 5.41) is 6.61. The van der Waals surface area contributed by atoms with Crippen molar-refractivity contribution >= 4 is 38.6 Å². The number of rotatable bonds is 16. The zero-order chi connectivity index (χ0) is 46.7. The van der Waals surface area contributed by atoms with Crippen LogP contribution in [0.3, 0.4) is 0 Å².